The highest BCUT2D eigenvalue weighted by Crippen LogP contribution is 2.12. The van der Waals surface area contributed by atoms with E-state index in [4.69, 9.17) is 4.74 Å². The molecule has 0 aliphatic carbocycles. The number of anilines is 1. The lowest BCUT2D eigenvalue weighted by Crippen LogP contribution is -2.23. The van der Waals surface area contributed by atoms with E-state index < -0.39 is 0 Å². The number of ether oxygens (including phenoxy) is 1. The molecule has 2 N–H and O–H groups in total. The number of hydrogen-bond donors (Lipinski definition) is 2. The van der Waals surface area contributed by atoms with Crippen molar-refractivity contribution in [3.05, 3.63) is 83.8 Å². The van der Waals surface area contributed by atoms with Crippen molar-refractivity contribution in [2.75, 3.05) is 19.0 Å². The topological polar surface area (TPSA) is 76.1 Å². The molecule has 1 amide bonds. The van der Waals surface area contributed by atoms with Gasteiger partial charge in [-0.05, 0) is 48.4 Å². The van der Waals surface area contributed by atoms with Crippen molar-refractivity contribution in [2.45, 2.75) is 13.0 Å². The largest absolute Gasteiger partial charge is 0.497 e. The maximum Gasteiger partial charge on any atom is 0.251 e. The predicted octanol–water partition coefficient (Wildman–Crippen LogP) is 3.07. The smallest absolute Gasteiger partial charge is 0.251 e. The van der Waals surface area contributed by atoms with Crippen LogP contribution in [0.25, 0.3) is 0 Å². The van der Waals surface area contributed by atoms with Crippen molar-refractivity contribution in [2.24, 2.45) is 0 Å². The Morgan fingerprint density at radius 1 is 1.04 bits per heavy atom. The van der Waals surface area contributed by atoms with Crippen LogP contribution in [0.15, 0.2) is 67.0 Å². The van der Waals surface area contributed by atoms with Gasteiger partial charge < -0.3 is 15.4 Å². The highest BCUT2D eigenvalue weighted by molar-refractivity contribution is 5.94. The fourth-order valence-electron chi connectivity index (χ4n) is 2.57. The molecule has 6 heteroatoms. The molecule has 0 bridgehead atoms. The SMILES string of the molecule is COc1ccc(CCNc2cc(C(=O)NCc3ccccn3)ccn2)cc1. The molecular formula is C21H22N4O2. The van der Waals surface area contributed by atoms with Gasteiger partial charge in [-0.2, -0.15) is 0 Å². The lowest BCUT2D eigenvalue weighted by atomic mass is 10.1. The first-order valence-corrected chi connectivity index (χ1v) is 8.75. The molecular weight excluding hydrogens is 340 g/mol. The molecule has 27 heavy (non-hydrogen) atoms. The summed E-state index contributed by atoms with van der Waals surface area (Å²) in [5, 5.41) is 6.12. The molecule has 0 aliphatic rings. The number of amides is 1. The van der Waals surface area contributed by atoms with Crippen molar-refractivity contribution in [1.29, 1.82) is 0 Å². The first kappa shape index (κ1) is 18.4. The number of carbonyl (C=O) groups is 1. The lowest BCUT2D eigenvalue weighted by Gasteiger charge is -2.09. The fraction of sp³-hybridized carbons (Fsp3) is 0.190. The molecule has 0 atom stereocenters. The molecule has 2 aromatic heterocycles. The van der Waals surface area contributed by atoms with Gasteiger partial charge in [-0.25, -0.2) is 4.98 Å². The van der Waals surface area contributed by atoms with E-state index >= 15 is 0 Å². The van der Waals surface area contributed by atoms with Crippen LogP contribution in [-0.2, 0) is 13.0 Å². The molecule has 0 saturated carbocycles. The monoisotopic (exact) mass is 362 g/mol. The van der Waals surface area contributed by atoms with E-state index in [-0.39, 0.29) is 5.91 Å². The van der Waals surface area contributed by atoms with Crippen molar-refractivity contribution in [3.63, 3.8) is 0 Å². The molecule has 0 radical (unpaired) electrons. The first-order chi connectivity index (χ1) is 13.2. The Balaban J connectivity index is 1.51. The number of rotatable bonds is 8. The third-order valence-electron chi connectivity index (χ3n) is 4.06. The Kier molecular flexibility index (Phi) is 6.35. The predicted molar refractivity (Wildman–Crippen MR) is 105 cm³/mol. The molecule has 2 heterocycles. The van der Waals surface area contributed by atoms with Crippen molar-refractivity contribution in [3.8, 4) is 5.75 Å². The van der Waals surface area contributed by atoms with E-state index in [9.17, 15) is 4.79 Å². The van der Waals surface area contributed by atoms with Crippen LogP contribution in [-0.4, -0.2) is 29.5 Å². The molecule has 3 aromatic rings. The second-order valence-electron chi connectivity index (χ2n) is 5.96. The normalized spacial score (nSPS) is 10.3. The Hall–Kier alpha value is -3.41. The van der Waals surface area contributed by atoms with E-state index in [0.29, 0.717) is 17.9 Å². The quantitative estimate of drug-likeness (QED) is 0.644. The van der Waals surface area contributed by atoms with Gasteiger partial charge in [0.05, 0.1) is 19.3 Å². The van der Waals surface area contributed by atoms with Crippen LogP contribution < -0.4 is 15.4 Å². The average molecular weight is 362 g/mol. The molecule has 0 saturated heterocycles. The molecule has 3 rings (SSSR count). The number of benzene rings is 1. The van der Waals surface area contributed by atoms with E-state index in [0.717, 1.165) is 24.4 Å². The van der Waals surface area contributed by atoms with E-state index in [1.807, 2.05) is 42.5 Å². The van der Waals surface area contributed by atoms with Gasteiger partial charge in [0.15, 0.2) is 0 Å². The summed E-state index contributed by atoms with van der Waals surface area (Å²) < 4.78 is 5.16. The van der Waals surface area contributed by atoms with E-state index in [2.05, 4.69) is 20.6 Å². The Morgan fingerprint density at radius 3 is 2.63 bits per heavy atom. The van der Waals surface area contributed by atoms with Gasteiger partial charge in [0.1, 0.15) is 11.6 Å². The van der Waals surface area contributed by atoms with Gasteiger partial charge in [0.2, 0.25) is 0 Å². The Labute approximate surface area is 158 Å². The number of nitrogens with zero attached hydrogens (tertiary/aromatic N) is 2. The molecule has 6 nitrogen and oxygen atoms in total. The molecule has 1 aromatic carbocycles. The summed E-state index contributed by atoms with van der Waals surface area (Å²) in [5.74, 6) is 1.37. The zero-order valence-electron chi connectivity index (χ0n) is 15.2. The van der Waals surface area contributed by atoms with Crippen LogP contribution in [0, 0.1) is 0 Å². The first-order valence-electron chi connectivity index (χ1n) is 8.75. The Morgan fingerprint density at radius 2 is 1.89 bits per heavy atom. The highest BCUT2D eigenvalue weighted by Gasteiger charge is 2.07. The van der Waals surface area contributed by atoms with Crippen LogP contribution in [0.4, 0.5) is 5.82 Å². The fourth-order valence-corrected chi connectivity index (χ4v) is 2.57. The molecule has 0 unspecified atom stereocenters. The maximum atomic E-state index is 12.3. The van der Waals surface area contributed by atoms with Gasteiger partial charge >= 0.3 is 0 Å². The van der Waals surface area contributed by atoms with E-state index in [1.165, 1.54) is 5.56 Å². The summed E-state index contributed by atoms with van der Waals surface area (Å²) in [5.41, 5.74) is 2.58. The minimum absolute atomic E-state index is 0.152. The third kappa shape index (κ3) is 5.54. The van der Waals surface area contributed by atoms with Gasteiger partial charge in [-0.15, -0.1) is 0 Å². The third-order valence-corrected chi connectivity index (χ3v) is 4.06. The average Bonchev–Trinajstić information content (AvgIpc) is 2.73. The number of hydrogen-bond acceptors (Lipinski definition) is 5. The van der Waals surface area contributed by atoms with Gasteiger partial charge in [-0.1, -0.05) is 18.2 Å². The van der Waals surface area contributed by atoms with Crippen LogP contribution in [0.2, 0.25) is 0 Å². The van der Waals surface area contributed by atoms with Crippen molar-refractivity contribution in [1.82, 2.24) is 15.3 Å². The second-order valence-corrected chi connectivity index (χ2v) is 5.96. The summed E-state index contributed by atoms with van der Waals surface area (Å²) in [4.78, 5) is 20.8. The summed E-state index contributed by atoms with van der Waals surface area (Å²) in [6.45, 7) is 1.11. The summed E-state index contributed by atoms with van der Waals surface area (Å²) in [6.07, 6.45) is 4.19. The molecule has 0 aliphatic heterocycles. The van der Waals surface area contributed by atoms with Gasteiger partial charge in [-0.3, -0.25) is 9.78 Å². The van der Waals surface area contributed by atoms with Gasteiger partial charge in [0.25, 0.3) is 5.91 Å². The molecule has 0 fully saturated rings. The van der Waals surface area contributed by atoms with Crippen LogP contribution in [0.5, 0.6) is 5.75 Å². The van der Waals surface area contributed by atoms with Crippen molar-refractivity contribution >= 4 is 11.7 Å². The molecule has 138 valence electrons. The van der Waals surface area contributed by atoms with Crippen LogP contribution in [0.3, 0.4) is 0 Å². The summed E-state index contributed by atoms with van der Waals surface area (Å²) >= 11 is 0. The minimum atomic E-state index is -0.152. The number of nitrogens with one attached hydrogen (secondary N) is 2. The summed E-state index contributed by atoms with van der Waals surface area (Å²) in [6, 6.07) is 17.0. The standard InChI is InChI=1S/C21H22N4O2/c1-27-19-7-5-16(6-8-19)9-12-23-20-14-17(10-13-24-20)21(26)25-15-18-4-2-3-11-22-18/h2-8,10-11,13-14H,9,12,15H2,1H3,(H,23,24)(H,25,26). The maximum absolute atomic E-state index is 12.3. The number of aromatic nitrogens is 2. The highest BCUT2D eigenvalue weighted by atomic mass is 16.5. The Bertz CT molecular complexity index is 867. The zero-order valence-corrected chi connectivity index (χ0v) is 15.2. The summed E-state index contributed by atoms with van der Waals surface area (Å²) in [7, 11) is 1.65. The number of methoxy groups -OCH3 is 1. The van der Waals surface area contributed by atoms with Crippen LogP contribution >= 0.6 is 0 Å². The lowest BCUT2D eigenvalue weighted by molar-refractivity contribution is 0.0950. The van der Waals surface area contributed by atoms with Gasteiger partial charge in [0, 0.05) is 24.5 Å². The van der Waals surface area contributed by atoms with E-state index in [1.54, 1.807) is 31.6 Å². The number of carbonyl (C=O) groups excluding carboxylic acids is 1. The minimum Gasteiger partial charge on any atom is -0.497 e. The number of pyridine rings is 2. The van der Waals surface area contributed by atoms with Crippen molar-refractivity contribution < 1.29 is 9.53 Å². The second kappa shape index (κ2) is 9.33. The molecule has 0 spiro atoms. The zero-order chi connectivity index (χ0) is 18.9. The van der Waals surface area contributed by atoms with Crippen LogP contribution in [0.1, 0.15) is 21.6 Å².